The van der Waals surface area contributed by atoms with Gasteiger partial charge in [-0.25, -0.2) is 0 Å². The van der Waals surface area contributed by atoms with Gasteiger partial charge in [-0.1, -0.05) is 0 Å². The van der Waals surface area contributed by atoms with Gasteiger partial charge < -0.3 is 15.3 Å². The number of benzene rings is 1. The number of phenolic OH excluding ortho intramolecular Hbond substituents is 2. The quantitative estimate of drug-likeness (QED) is 0.682. The summed E-state index contributed by atoms with van der Waals surface area (Å²) in [7, 11) is 1.73. The number of hydrogen-bond donors (Lipinski definition) is 3. The molecule has 5 heteroatoms. The van der Waals surface area contributed by atoms with Crippen LogP contribution < -0.4 is 0 Å². The third-order valence-corrected chi connectivity index (χ3v) is 3.08. The highest BCUT2D eigenvalue weighted by Gasteiger charge is 2.25. The first kappa shape index (κ1) is 14.5. The van der Waals surface area contributed by atoms with Gasteiger partial charge in [0.2, 0.25) is 0 Å². The number of rotatable bonds is 5. The highest BCUT2D eigenvalue weighted by molar-refractivity contribution is 6.00. The van der Waals surface area contributed by atoms with Crippen LogP contribution in [0.1, 0.15) is 24.2 Å². The van der Waals surface area contributed by atoms with Crippen LogP contribution in [0.15, 0.2) is 18.2 Å². The fourth-order valence-electron chi connectivity index (χ4n) is 1.39. The Balaban J connectivity index is 2.83. The molecule has 0 amide bonds. The van der Waals surface area contributed by atoms with E-state index in [4.69, 9.17) is 5.11 Å². The Morgan fingerprint density at radius 1 is 1.33 bits per heavy atom. The van der Waals surface area contributed by atoms with Gasteiger partial charge in [-0.2, -0.15) is 0 Å². The van der Waals surface area contributed by atoms with Crippen LogP contribution in [0, 0.1) is 0 Å². The number of ketones is 1. The van der Waals surface area contributed by atoms with Gasteiger partial charge in [0.25, 0.3) is 0 Å². The lowest BCUT2D eigenvalue weighted by Gasteiger charge is -2.33. The minimum absolute atomic E-state index is 0.0711. The number of Topliss-reactive ketones (excluding diaryl/α,β-unsaturated/α-hetero) is 1. The summed E-state index contributed by atoms with van der Waals surface area (Å²) in [5, 5.41) is 27.9. The molecule has 1 rings (SSSR count). The summed E-state index contributed by atoms with van der Waals surface area (Å²) in [6.07, 6.45) is 0. The number of carbonyl (C=O) groups is 1. The van der Waals surface area contributed by atoms with Crippen molar-refractivity contribution in [3.8, 4) is 11.5 Å². The molecule has 0 saturated heterocycles. The fourth-order valence-corrected chi connectivity index (χ4v) is 1.39. The van der Waals surface area contributed by atoms with Gasteiger partial charge in [0.15, 0.2) is 5.78 Å². The van der Waals surface area contributed by atoms with E-state index in [1.54, 1.807) is 11.9 Å². The zero-order valence-electron chi connectivity index (χ0n) is 10.8. The summed E-state index contributed by atoms with van der Waals surface area (Å²) in [6, 6.07) is 3.86. The van der Waals surface area contributed by atoms with E-state index < -0.39 is 5.54 Å². The molecule has 0 atom stereocenters. The van der Waals surface area contributed by atoms with E-state index in [0.29, 0.717) is 0 Å². The molecule has 0 heterocycles. The van der Waals surface area contributed by atoms with Crippen molar-refractivity contribution >= 4 is 5.78 Å². The summed E-state index contributed by atoms with van der Waals surface area (Å²) in [5.41, 5.74) is -0.351. The van der Waals surface area contributed by atoms with Crippen molar-refractivity contribution in [1.29, 1.82) is 0 Å². The zero-order valence-corrected chi connectivity index (χ0v) is 10.8. The van der Waals surface area contributed by atoms with E-state index in [-0.39, 0.29) is 36.0 Å². The van der Waals surface area contributed by atoms with Crippen molar-refractivity contribution in [2.75, 3.05) is 20.2 Å². The third kappa shape index (κ3) is 3.21. The molecular weight excluding hydrogens is 234 g/mol. The van der Waals surface area contributed by atoms with Crippen molar-refractivity contribution in [3.05, 3.63) is 23.8 Å². The fraction of sp³-hybridized carbons (Fsp3) is 0.462. The Morgan fingerprint density at radius 2 is 1.94 bits per heavy atom. The Labute approximate surface area is 106 Å². The summed E-state index contributed by atoms with van der Waals surface area (Å²) >= 11 is 0. The predicted molar refractivity (Wildman–Crippen MR) is 67.9 cm³/mol. The molecular formula is C13H19NO4. The molecule has 0 spiro atoms. The number of aliphatic hydroxyl groups excluding tert-OH is 1. The number of likely N-dealkylation sites (N-methyl/N-ethyl adjacent to an activating group) is 1. The summed E-state index contributed by atoms with van der Waals surface area (Å²) in [4.78, 5) is 13.7. The van der Waals surface area contributed by atoms with Crippen LogP contribution in [0.2, 0.25) is 0 Å². The van der Waals surface area contributed by atoms with Crippen LogP contribution in [0.25, 0.3) is 0 Å². The van der Waals surface area contributed by atoms with Crippen molar-refractivity contribution in [3.63, 3.8) is 0 Å². The van der Waals surface area contributed by atoms with Gasteiger partial charge in [-0.05, 0) is 33.0 Å². The summed E-state index contributed by atoms with van der Waals surface area (Å²) in [5.74, 6) is -0.597. The molecule has 0 aliphatic rings. The molecule has 0 aliphatic heterocycles. The molecule has 0 unspecified atom stereocenters. The monoisotopic (exact) mass is 253 g/mol. The Bertz CT molecular complexity index is 443. The summed E-state index contributed by atoms with van der Waals surface area (Å²) < 4.78 is 0. The summed E-state index contributed by atoms with van der Waals surface area (Å²) in [6.45, 7) is 3.64. The van der Waals surface area contributed by atoms with Gasteiger partial charge in [0, 0.05) is 11.6 Å². The Hall–Kier alpha value is -1.59. The minimum atomic E-state index is -0.512. The molecule has 0 radical (unpaired) electrons. The number of phenols is 2. The van der Waals surface area contributed by atoms with E-state index >= 15 is 0 Å². The van der Waals surface area contributed by atoms with E-state index in [9.17, 15) is 15.0 Å². The molecule has 1 aromatic carbocycles. The molecule has 3 N–H and O–H groups in total. The molecule has 18 heavy (non-hydrogen) atoms. The van der Waals surface area contributed by atoms with Gasteiger partial charge >= 0.3 is 0 Å². The third-order valence-electron chi connectivity index (χ3n) is 3.08. The second kappa shape index (κ2) is 5.37. The SMILES string of the molecule is CN(CC(=O)c1ccc(O)cc1O)C(C)(C)CO. The number of hydrogen-bond acceptors (Lipinski definition) is 5. The number of aliphatic hydroxyl groups is 1. The first-order chi connectivity index (χ1) is 8.27. The second-order valence-corrected chi connectivity index (χ2v) is 4.95. The highest BCUT2D eigenvalue weighted by Crippen LogP contribution is 2.23. The van der Waals surface area contributed by atoms with Gasteiger partial charge in [-0.15, -0.1) is 0 Å². The minimum Gasteiger partial charge on any atom is -0.508 e. The van der Waals surface area contributed by atoms with Crippen LogP contribution in [-0.2, 0) is 0 Å². The average molecular weight is 253 g/mol. The van der Waals surface area contributed by atoms with Crippen molar-refractivity contribution < 1.29 is 20.1 Å². The molecule has 0 bridgehead atoms. The van der Waals surface area contributed by atoms with Gasteiger partial charge in [-0.3, -0.25) is 9.69 Å². The van der Waals surface area contributed by atoms with E-state index in [1.165, 1.54) is 12.1 Å². The lowest BCUT2D eigenvalue weighted by Crippen LogP contribution is -2.46. The van der Waals surface area contributed by atoms with Crippen LogP contribution in [0.3, 0.4) is 0 Å². The van der Waals surface area contributed by atoms with E-state index in [2.05, 4.69) is 0 Å². The topological polar surface area (TPSA) is 81.0 Å². The van der Waals surface area contributed by atoms with Gasteiger partial charge in [0.1, 0.15) is 11.5 Å². The first-order valence-electron chi connectivity index (χ1n) is 5.65. The molecule has 5 nitrogen and oxygen atoms in total. The van der Waals surface area contributed by atoms with Crippen molar-refractivity contribution in [1.82, 2.24) is 4.90 Å². The van der Waals surface area contributed by atoms with Crippen LogP contribution in [0.5, 0.6) is 11.5 Å². The predicted octanol–water partition coefficient (Wildman–Crippen LogP) is 0.983. The molecule has 0 aliphatic carbocycles. The van der Waals surface area contributed by atoms with Crippen LogP contribution >= 0.6 is 0 Å². The van der Waals surface area contributed by atoms with Gasteiger partial charge in [0.05, 0.1) is 18.7 Å². The number of nitrogens with zero attached hydrogens (tertiary/aromatic N) is 1. The second-order valence-electron chi connectivity index (χ2n) is 4.95. The van der Waals surface area contributed by atoms with E-state index in [1.807, 2.05) is 13.8 Å². The smallest absolute Gasteiger partial charge is 0.180 e. The standard InChI is InChI=1S/C13H19NO4/c1-13(2,8-15)14(3)7-12(18)10-5-4-9(16)6-11(10)17/h4-6,15-17H,7-8H2,1-3H3. The molecule has 0 aromatic heterocycles. The lowest BCUT2D eigenvalue weighted by molar-refractivity contribution is 0.0658. The Morgan fingerprint density at radius 3 is 2.44 bits per heavy atom. The lowest BCUT2D eigenvalue weighted by atomic mass is 10.0. The zero-order chi connectivity index (χ0) is 13.9. The van der Waals surface area contributed by atoms with Crippen LogP contribution in [-0.4, -0.2) is 51.7 Å². The molecule has 100 valence electrons. The van der Waals surface area contributed by atoms with Crippen molar-refractivity contribution in [2.24, 2.45) is 0 Å². The van der Waals surface area contributed by atoms with Crippen molar-refractivity contribution in [2.45, 2.75) is 19.4 Å². The first-order valence-corrected chi connectivity index (χ1v) is 5.65. The number of aromatic hydroxyl groups is 2. The highest BCUT2D eigenvalue weighted by atomic mass is 16.3. The normalized spacial score (nSPS) is 11.8. The maximum atomic E-state index is 12.0. The average Bonchev–Trinajstić information content (AvgIpc) is 2.28. The Kier molecular flexibility index (Phi) is 4.32. The number of carbonyl (C=O) groups excluding carboxylic acids is 1. The molecule has 1 aromatic rings. The molecule has 0 saturated carbocycles. The van der Waals surface area contributed by atoms with Crippen LogP contribution in [0.4, 0.5) is 0 Å². The molecule has 0 fully saturated rings. The largest absolute Gasteiger partial charge is 0.508 e. The maximum absolute atomic E-state index is 12.0. The van der Waals surface area contributed by atoms with E-state index in [0.717, 1.165) is 6.07 Å². The maximum Gasteiger partial charge on any atom is 0.180 e.